The normalized spacial score (nSPS) is 10.5. The summed E-state index contributed by atoms with van der Waals surface area (Å²) in [5.74, 6) is 0.867. The number of rotatable bonds is 6. The maximum atomic E-state index is 11.0. The van der Waals surface area contributed by atoms with Gasteiger partial charge in [-0.3, -0.25) is 10.1 Å². The number of aryl methyl sites for hydroxylation is 1. The molecule has 0 atom stereocenters. The van der Waals surface area contributed by atoms with Crippen molar-refractivity contribution in [2.75, 3.05) is 0 Å². The molecular weight excluding hydrogens is 262 g/mol. The molecule has 0 saturated heterocycles. The Morgan fingerprint density at radius 3 is 2.95 bits per heavy atom. The maximum Gasteiger partial charge on any atom is 0.311 e. The number of benzene rings is 1. The molecule has 0 amide bonds. The van der Waals surface area contributed by atoms with Crippen LogP contribution < -0.4 is 4.74 Å². The van der Waals surface area contributed by atoms with Gasteiger partial charge in [0.25, 0.3) is 0 Å². The highest BCUT2D eigenvalue weighted by Gasteiger charge is 2.16. The number of aromatic nitrogens is 2. The van der Waals surface area contributed by atoms with Crippen LogP contribution >= 0.6 is 0 Å². The summed E-state index contributed by atoms with van der Waals surface area (Å²) in [4.78, 5) is 14.6. The van der Waals surface area contributed by atoms with E-state index >= 15 is 0 Å². The van der Waals surface area contributed by atoms with Crippen LogP contribution in [0.4, 0.5) is 5.69 Å². The van der Waals surface area contributed by atoms with Gasteiger partial charge in [0.2, 0.25) is 0 Å². The largest absolute Gasteiger partial charge is 0.479 e. The smallest absolute Gasteiger partial charge is 0.311 e. The van der Waals surface area contributed by atoms with Crippen LogP contribution in [0.15, 0.2) is 30.6 Å². The fourth-order valence-corrected chi connectivity index (χ4v) is 1.84. The monoisotopic (exact) mass is 277 g/mol. The van der Waals surface area contributed by atoms with Crippen molar-refractivity contribution in [1.29, 1.82) is 0 Å². The highest BCUT2D eigenvalue weighted by Crippen LogP contribution is 2.28. The van der Waals surface area contributed by atoms with Crippen LogP contribution in [0.1, 0.15) is 18.3 Å². The highest BCUT2D eigenvalue weighted by atomic mass is 16.6. The summed E-state index contributed by atoms with van der Waals surface area (Å²) in [6.45, 7) is 2.63. The molecule has 0 saturated carbocycles. The van der Waals surface area contributed by atoms with Crippen molar-refractivity contribution >= 4 is 5.69 Å². The van der Waals surface area contributed by atoms with Gasteiger partial charge in [-0.05, 0) is 18.6 Å². The number of ether oxygens (including phenoxy) is 1. The topological polar surface area (TPSA) is 90.4 Å². The molecule has 2 aromatic rings. The molecule has 0 aliphatic carbocycles. The molecule has 0 fully saturated rings. The van der Waals surface area contributed by atoms with Crippen LogP contribution in [-0.4, -0.2) is 19.6 Å². The Labute approximate surface area is 115 Å². The first kappa shape index (κ1) is 14.0. The van der Waals surface area contributed by atoms with Crippen molar-refractivity contribution in [3.8, 4) is 5.75 Å². The predicted octanol–water partition coefficient (Wildman–Crippen LogP) is 1.88. The minimum atomic E-state index is -0.527. The van der Waals surface area contributed by atoms with Gasteiger partial charge in [0.1, 0.15) is 12.4 Å². The molecule has 0 aliphatic heterocycles. The fraction of sp³-hybridized carbons (Fsp3) is 0.308. The average Bonchev–Trinajstić information content (AvgIpc) is 2.92. The molecule has 106 valence electrons. The average molecular weight is 277 g/mol. The van der Waals surface area contributed by atoms with E-state index in [2.05, 4.69) is 4.98 Å². The van der Waals surface area contributed by atoms with Crippen molar-refractivity contribution in [2.24, 2.45) is 0 Å². The van der Waals surface area contributed by atoms with E-state index in [1.165, 1.54) is 12.1 Å². The second-order valence-electron chi connectivity index (χ2n) is 4.14. The van der Waals surface area contributed by atoms with E-state index in [1.54, 1.807) is 12.3 Å². The molecule has 7 heteroatoms. The van der Waals surface area contributed by atoms with E-state index in [9.17, 15) is 10.1 Å². The van der Waals surface area contributed by atoms with Crippen molar-refractivity contribution < 1.29 is 14.8 Å². The molecule has 1 N–H and O–H groups in total. The van der Waals surface area contributed by atoms with Crippen LogP contribution in [-0.2, 0) is 19.8 Å². The maximum absolute atomic E-state index is 11.0. The van der Waals surface area contributed by atoms with Gasteiger partial charge in [-0.25, -0.2) is 4.98 Å². The van der Waals surface area contributed by atoms with E-state index in [0.29, 0.717) is 11.4 Å². The number of nitro groups is 1. The Morgan fingerprint density at radius 1 is 1.50 bits per heavy atom. The summed E-state index contributed by atoms with van der Waals surface area (Å²) in [5.41, 5.74) is 0.310. The third-order valence-corrected chi connectivity index (χ3v) is 2.90. The van der Waals surface area contributed by atoms with Crippen LogP contribution in [0.25, 0.3) is 0 Å². The first-order chi connectivity index (χ1) is 9.65. The Kier molecular flexibility index (Phi) is 4.31. The predicted molar refractivity (Wildman–Crippen MR) is 71.3 cm³/mol. The number of aliphatic hydroxyl groups is 1. The minimum absolute atomic E-state index is 0.153. The molecule has 2 rings (SSSR count). The zero-order chi connectivity index (χ0) is 14.5. The summed E-state index contributed by atoms with van der Waals surface area (Å²) in [7, 11) is 0. The van der Waals surface area contributed by atoms with Crippen molar-refractivity contribution in [2.45, 2.75) is 26.7 Å². The summed E-state index contributed by atoms with van der Waals surface area (Å²) in [5, 5.41) is 20.0. The summed E-state index contributed by atoms with van der Waals surface area (Å²) in [6, 6.07) is 4.39. The molecule has 0 unspecified atom stereocenters. The number of hydrogen-bond donors (Lipinski definition) is 1. The van der Waals surface area contributed by atoms with Crippen molar-refractivity contribution in [3.05, 3.63) is 52.1 Å². The standard InChI is InChI=1S/C13H15N3O4/c1-2-15-6-5-14-13(15)9-20-12-4-3-10(8-17)7-11(12)16(18)19/h3-7,17H,2,8-9H2,1H3. The van der Waals surface area contributed by atoms with E-state index in [4.69, 9.17) is 9.84 Å². The molecule has 7 nitrogen and oxygen atoms in total. The first-order valence-electron chi connectivity index (χ1n) is 6.16. The van der Waals surface area contributed by atoms with E-state index in [-0.39, 0.29) is 24.7 Å². The molecule has 0 radical (unpaired) electrons. The lowest BCUT2D eigenvalue weighted by molar-refractivity contribution is -0.386. The quantitative estimate of drug-likeness (QED) is 0.643. The van der Waals surface area contributed by atoms with Crippen molar-refractivity contribution in [3.63, 3.8) is 0 Å². The van der Waals surface area contributed by atoms with Gasteiger partial charge >= 0.3 is 5.69 Å². The molecule has 1 heterocycles. The van der Waals surface area contributed by atoms with Gasteiger partial charge in [0.05, 0.1) is 11.5 Å². The van der Waals surface area contributed by atoms with Gasteiger partial charge in [-0.1, -0.05) is 6.07 Å². The first-order valence-corrected chi connectivity index (χ1v) is 6.16. The van der Waals surface area contributed by atoms with Gasteiger partial charge in [0.15, 0.2) is 5.75 Å². The number of nitro benzene ring substituents is 1. The number of aliphatic hydroxyl groups excluding tert-OH is 1. The Hall–Kier alpha value is -2.41. The summed E-state index contributed by atoms with van der Waals surface area (Å²) < 4.78 is 7.37. The lowest BCUT2D eigenvalue weighted by Gasteiger charge is -2.08. The van der Waals surface area contributed by atoms with Gasteiger partial charge < -0.3 is 14.4 Å². The SMILES string of the molecule is CCn1ccnc1COc1ccc(CO)cc1[N+](=O)[O-]. The number of nitrogens with zero attached hydrogens (tertiary/aromatic N) is 3. The molecule has 0 spiro atoms. The van der Waals surface area contributed by atoms with E-state index in [1.807, 2.05) is 17.7 Å². The fourth-order valence-electron chi connectivity index (χ4n) is 1.84. The van der Waals surface area contributed by atoms with Gasteiger partial charge in [-0.2, -0.15) is 0 Å². The lowest BCUT2D eigenvalue weighted by atomic mass is 10.2. The van der Waals surface area contributed by atoms with E-state index < -0.39 is 4.92 Å². The Balaban J connectivity index is 2.19. The molecule has 1 aromatic heterocycles. The third kappa shape index (κ3) is 2.94. The van der Waals surface area contributed by atoms with Crippen LogP contribution in [0.2, 0.25) is 0 Å². The second-order valence-corrected chi connectivity index (χ2v) is 4.14. The zero-order valence-electron chi connectivity index (χ0n) is 11.0. The highest BCUT2D eigenvalue weighted by molar-refractivity contribution is 5.48. The number of hydrogen-bond acceptors (Lipinski definition) is 5. The Morgan fingerprint density at radius 2 is 2.30 bits per heavy atom. The van der Waals surface area contributed by atoms with Gasteiger partial charge in [-0.15, -0.1) is 0 Å². The zero-order valence-corrected chi connectivity index (χ0v) is 11.0. The molecule has 0 bridgehead atoms. The second kappa shape index (κ2) is 6.16. The minimum Gasteiger partial charge on any atom is -0.479 e. The molecule has 1 aromatic carbocycles. The van der Waals surface area contributed by atoms with Crippen LogP contribution in [0.3, 0.4) is 0 Å². The lowest BCUT2D eigenvalue weighted by Crippen LogP contribution is -2.06. The van der Waals surface area contributed by atoms with Crippen LogP contribution in [0.5, 0.6) is 5.75 Å². The van der Waals surface area contributed by atoms with E-state index in [0.717, 1.165) is 6.54 Å². The van der Waals surface area contributed by atoms with Gasteiger partial charge in [0, 0.05) is 25.0 Å². The summed E-state index contributed by atoms with van der Waals surface area (Å²) >= 11 is 0. The van der Waals surface area contributed by atoms with Crippen LogP contribution in [0, 0.1) is 10.1 Å². The Bertz CT molecular complexity index is 609. The third-order valence-electron chi connectivity index (χ3n) is 2.90. The number of imidazole rings is 1. The molecular formula is C13H15N3O4. The summed E-state index contributed by atoms with van der Waals surface area (Å²) in [6.07, 6.45) is 3.48. The molecule has 0 aliphatic rings. The van der Waals surface area contributed by atoms with Crippen molar-refractivity contribution in [1.82, 2.24) is 9.55 Å². The molecule has 20 heavy (non-hydrogen) atoms.